The molecule has 0 saturated heterocycles. The van der Waals surface area contributed by atoms with Gasteiger partial charge in [0.2, 0.25) is 11.8 Å². The van der Waals surface area contributed by atoms with Gasteiger partial charge in [-0.15, -0.1) is 0 Å². The van der Waals surface area contributed by atoms with E-state index in [4.69, 9.17) is 10.5 Å². The third kappa shape index (κ3) is 4.81. The minimum Gasteiger partial charge on any atom is -0.475 e. The monoisotopic (exact) mass is 279 g/mol. The Morgan fingerprint density at radius 2 is 2.10 bits per heavy atom. The number of nitrogens with zero attached hydrogens (tertiary/aromatic N) is 1. The van der Waals surface area contributed by atoms with E-state index >= 15 is 0 Å². The molecule has 0 saturated carbocycles. The number of nitrogens with two attached hydrogens (primary N) is 1. The molecule has 112 valence electrons. The Labute approximate surface area is 120 Å². The average Bonchev–Trinajstić information content (AvgIpc) is 2.34. The standard InChI is InChI=1S/C15H25N3O2/c1-10(2)20-14-11(7-6-8-17-14)9-18-13(19)12(16)15(3,4)5/h6-8,10,12H,9,16H2,1-5H3,(H,18,19)/t12-/m1/s1. The highest BCUT2D eigenvalue weighted by molar-refractivity contribution is 5.82. The summed E-state index contributed by atoms with van der Waals surface area (Å²) < 4.78 is 5.61. The third-order valence-electron chi connectivity index (χ3n) is 2.87. The van der Waals surface area contributed by atoms with Crippen LogP contribution in [0, 0.1) is 5.41 Å². The number of hydrogen-bond acceptors (Lipinski definition) is 4. The fraction of sp³-hybridized carbons (Fsp3) is 0.600. The van der Waals surface area contributed by atoms with Crippen LogP contribution in [0.25, 0.3) is 0 Å². The molecule has 0 aliphatic heterocycles. The van der Waals surface area contributed by atoms with Crippen LogP contribution in [-0.2, 0) is 11.3 Å². The molecule has 20 heavy (non-hydrogen) atoms. The highest BCUT2D eigenvalue weighted by Crippen LogP contribution is 2.18. The topological polar surface area (TPSA) is 77.2 Å². The van der Waals surface area contributed by atoms with Crippen molar-refractivity contribution in [2.24, 2.45) is 11.1 Å². The molecule has 0 aliphatic rings. The quantitative estimate of drug-likeness (QED) is 0.862. The normalized spacial score (nSPS) is 13.2. The van der Waals surface area contributed by atoms with Crippen molar-refractivity contribution < 1.29 is 9.53 Å². The van der Waals surface area contributed by atoms with Crippen molar-refractivity contribution in [3.63, 3.8) is 0 Å². The molecule has 1 aromatic heterocycles. The third-order valence-corrected chi connectivity index (χ3v) is 2.87. The lowest BCUT2D eigenvalue weighted by Crippen LogP contribution is -2.48. The largest absolute Gasteiger partial charge is 0.475 e. The van der Waals surface area contributed by atoms with Gasteiger partial charge in [-0.2, -0.15) is 0 Å². The molecule has 0 fully saturated rings. The summed E-state index contributed by atoms with van der Waals surface area (Å²) in [6, 6.07) is 3.15. The summed E-state index contributed by atoms with van der Waals surface area (Å²) in [5.74, 6) is 0.379. The summed E-state index contributed by atoms with van der Waals surface area (Å²) in [4.78, 5) is 16.2. The van der Waals surface area contributed by atoms with Crippen molar-refractivity contribution in [3.05, 3.63) is 23.9 Å². The number of rotatable bonds is 5. The molecular formula is C15H25N3O2. The predicted molar refractivity (Wildman–Crippen MR) is 79.3 cm³/mol. The zero-order valence-corrected chi connectivity index (χ0v) is 12.9. The zero-order chi connectivity index (χ0) is 15.3. The number of carbonyl (C=O) groups excluding carboxylic acids is 1. The molecule has 5 nitrogen and oxygen atoms in total. The first kappa shape index (κ1) is 16.4. The molecule has 3 N–H and O–H groups in total. The number of aromatic nitrogens is 1. The van der Waals surface area contributed by atoms with Crippen LogP contribution in [0.3, 0.4) is 0 Å². The molecule has 0 radical (unpaired) electrons. The van der Waals surface area contributed by atoms with Gasteiger partial charge in [-0.3, -0.25) is 4.79 Å². The Balaban J connectivity index is 2.68. The molecule has 1 heterocycles. The van der Waals surface area contributed by atoms with E-state index in [1.807, 2.05) is 46.8 Å². The molecule has 0 spiro atoms. The molecule has 0 aliphatic carbocycles. The van der Waals surface area contributed by atoms with Crippen molar-refractivity contribution in [1.29, 1.82) is 0 Å². The van der Waals surface area contributed by atoms with Crippen LogP contribution in [0.4, 0.5) is 0 Å². The molecule has 0 aromatic carbocycles. The first-order chi connectivity index (χ1) is 9.21. The minimum absolute atomic E-state index is 0.0381. The van der Waals surface area contributed by atoms with Gasteiger partial charge < -0.3 is 15.8 Å². The summed E-state index contributed by atoms with van der Waals surface area (Å²) in [5.41, 5.74) is 6.49. The van der Waals surface area contributed by atoms with Gasteiger partial charge in [0.1, 0.15) is 0 Å². The van der Waals surface area contributed by atoms with Crippen LogP contribution in [-0.4, -0.2) is 23.0 Å². The molecular weight excluding hydrogens is 254 g/mol. The summed E-state index contributed by atoms with van der Waals surface area (Å²) in [6.07, 6.45) is 1.71. The Hall–Kier alpha value is -1.62. The lowest BCUT2D eigenvalue weighted by atomic mass is 9.87. The lowest BCUT2D eigenvalue weighted by molar-refractivity contribution is -0.124. The van der Waals surface area contributed by atoms with Crippen LogP contribution in [0.1, 0.15) is 40.2 Å². The van der Waals surface area contributed by atoms with Gasteiger partial charge in [-0.1, -0.05) is 26.8 Å². The maximum Gasteiger partial charge on any atom is 0.237 e. The molecule has 5 heteroatoms. The van der Waals surface area contributed by atoms with Crippen molar-refractivity contribution in [2.75, 3.05) is 0 Å². The van der Waals surface area contributed by atoms with Crippen LogP contribution < -0.4 is 15.8 Å². The molecule has 0 bridgehead atoms. The van der Waals surface area contributed by atoms with Crippen LogP contribution in [0.5, 0.6) is 5.88 Å². The van der Waals surface area contributed by atoms with E-state index in [1.54, 1.807) is 6.20 Å². The molecule has 1 amide bonds. The maximum absolute atomic E-state index is 12.0. The van der Waals surface area contributed by atoms with Crippen LogP contribution in [0.15, 0.2) is 18.3 Å². The van der Waals surface area contributed by atoms with Crippen molar-refractivity contribution >= 4 is 5.91 Å². The van der Waals surface area contributed by atoms with Gasteiger partial charge in [0, 0.05) is 18.3 Å². The number of carbonyl (C=O) groups is 1. The van der Waals surface area contributed by atoms with Gasteiger partial charge in [0.15, 0.2) is 0 Å². The summed E-state index contributed by atoms with van der Waals surface area (Å²) >= 11 is 0. The van der Waals surface area contributed by atoms with Gasteiger partial charge in [0.05, 0.1) is 12.1 Å². The van der Waals surface area contributed by atoms with Crippen molar-refractivity contribution in [1.82, 2.24) is 10.3 Å². The van der Waals surface area contributed by atoms with E-state index in [9.17, 15) is 4.79 Å². The van der Waals surface area contributed by atoms with Crippen molar-refractivity contribution in [2.45, 2.75) is 53.3 Å². The first-order valence-electron chi connectivity index (χ1n) is 6.85. The zero-order valence-electron chi connectivity index (χ0n) is 12.9. The van der Waals surface area contributed by atoms with E-state index in [2.05, 4.69) is 10.3 Å². The van der Waals surface area contributed by atoms with Gasteiger partial charge in [0.25, 0.3) is 0 Å². The molecule has 1 aromatic rings. The second kappa shape index (κ2) is 6.70. The molecule has 1 rings (SSSR count). The summed E-state index contributed by atoms with van der Waals surface area (Å²) in [5, 5.41) is 2.83. The fourth-order valence-corrected chi connectivity index (χ4v) is 1.57. The predicted octanol–water partition coefficient (Wildman–Crippen LogP) is 1.86. The van der Waals surface area contributed by atoms with Crippen LogP contribution in [0.2, 0.25) is 0 Å². The first-order valence-corrected chi connectivity index (χ1v) is 6.85. The Kier molecular flexibility index (Phi) is 5.51. The van der Waals surface area contributed by atoms with Crippen molar-refractivity contribution in [3.8, 4) is 5.88 Å². The Morgan fingerprint density at radius 1 is 1.45 bits per heavy atom. The number of amides is 1. The van der Waals surface area contributed by atoms with E-state index in [1.165, 1.54) is 0 Å². The highest BCUT2D eigenvalue weighted by atomic mass is 16.5. The number of pyridine rings is 1. The second-order valence-corrected chi connectivity index (χ2v) is 6.20. The van der Waals surface area contributed by atoms with Gasteiger partial charge in [-0.25, -0.2) is 4.98 Å². The van der Waals surface area contributed by atoms with E-state index in [0.29, 0.717) is 12.4 Å². The average molecular weight is 279 g/mol. The van der Waals surface area contributed by atoms with Crippen LogP contribution >= 0.6 is 0 Å². The van der Waals surface area contributed by atoms with E-state index in [0.717, 1.165) is 5.56 Å². The Morgan fingerprint density at radius 3 is 2.65 bits per heavy atom. The smallest absolute Gasteiger partial charge is 0.237 e. The number of ether oxygens (including phenoxy) is 1. The minimum atomic E-state index is -0.548. The van der Waals surface area contributed by atoms with E-state index < -0.39 is 6.04 Å². The summed E-state index contributed by atoms with van der Waals surface area (Å²) in [6.45, 7) is 10.1. The molecule has 0 unspecified atom stereocenters. The number of nitrogens with one attached hydrogen (secondary N) is 1. The highest BCUT2D eigenvalue weighted by Gasteiger charge is 2.27. The fourth-order valence-electron chi connectivity index (χ4n) is 1.57. The maximum atomic E-state index is 12.0. The second-order valence-electron chi connectivity index (χ2n) is 6.20. The van der Waals surface area contributed by atoms with Gasteiger partial charge >= 0.3 is 0 Å². The molecule has 1 atom stereocenters. The lowest BCUT2D eigenvalue weighted by Gasteiger charge is -2.26. The van der Waals surface area contributed by atoms with Gasteiger partial charge in [-0.05, 0) is 25.3 Å². The SMILES string of the molecule is CC(C)Oc1ncccc1CNC(=O)[C@@H](N)C(C)(C)C. The summed E-state index contributed by atoms with van der Waals surface area (Å²) in [7, 11) is 0. The Bertz CT molecular complexity index is 453. The van der Waals surface area contributed by atoms with E-state index in [-0.39, 0.29) is 17.4 Å². The number of hydrogen-bond donors (Lipinski definition) is 2.